The van der Waals surface area contributed by atoms with E-state index in [9.17, 15) is 18.3 Å². The van der Waals surface area contributed by atoms with E-state index in [1.54, 1.807) is 0 Å². The highest BCUT2D eigenvalue weighted by molar-refractivity contribution is 6.37. The minimum Gasteiger partial charge on any atom is -0.505 e. The molecule has 2 nitrogen and oxygen atoms in total. The molecule has 0 amide bonds. The van der Waals surface area contributed by atoms with Crippen LogP contribution in [0.15, 0.2) is 12.1 Å². The molecule has 2 unspecified atom stereocenters. The van der Waals surface area contributed by atoms with Gasteiger partial charge in [-0.15, -0.1) is 0 Å². The van der Waals surface area contributed by atoms with Gasteiger partial charge in [-0.25, -0.2) is 0 Å². The van der Waals surface area contributed by atoms with Crippen LogP contribution in [0.1, 0.15) is 25.7 Å². The summed E-state index contributed by atoms with van der Waals surface area (Å²) in [5.41, 5.74) is 0.388. The second-order valence-corrected chi connectivity index (χ2v) is 5.79. The van der Waals surface area contributed by atoms with E-state index < -0.39 is 18.1 Å². The minimum atomic E-state index is -4.22. The fourth-order valence-electron chi connectivity index (χ4n) is 2.56. The Morgan fingerprint density at radius 3 is 2.20 bits per heavy atom. The largest absolute Gasteiger partial charge is 0.505 e. The molecule has 1 fully saturated rings. The maximum atomic E-state index is 13.0. The first-order valence-corrected chi connectivity index (χ1v) is 7.06. The lowest BCUT2D eigenvalue weighted by Gasteiger charge is -2.34. The van der Waals surface area contributed by atoms with E-state index in [-0.39, 0.29) is 22.2 Å². The maximum absolute atomic E-state index is 13.0. The zero-order valence-electron chi connectivity index (χ0n) is 10.5. The Morgan fingerprint density at radius 2 is 1.65 bits per heavy atom. The summed E-state index contributed by atoms with van der Waals surface area (Å²) in [6.07, 6.45) is -2.31. The van der Waals surface area contributed by atoms with Gasteiger partial charge in [0.25, 0.3) is 0 Å². The van der Waals surface area contributed by atoms with Gasteiger partial charge in [0.05, 0.1) is 16.0 Å². The van der Waals surface area contributed by atoms with Crippen LogP contribution in [-0.4, -0.2) is 17.3 Å². The number of phenols is 1. The van der Waals surface area contributed by atoms with E-state index in [2.05, 4.69) is 5.32 Å². The molecule has 0 spiro atoms. The van der Waals surface area contributed by atoms with Crippen LogP contribution in [-0.2, 0) is 0 Å². The van der Waals surface area contributed by atoms with Crippen molar-refractivity contribution in [2.75, 3.05) is 5.32 Å². The van der Waals surface area contributed by atoms with Crippen LogP contribution in [0.2, 0.25) is 10.0 Å². The Bertz CT molecular complexity index is 470. The lowest BCUT2D eigenvalue weighted by molar-refractivity contribution is -0.184. The van der Waals surface area contributed by atoms with Crippen molar-refractivity contribution in [3.63, 3.8) is 0 Å². The fourth-order valence-corrected chi connectivity index (χ4v) is 3.05. The third kappa shape index (κ3) is 3.44. The molecule has 112 valence electrons. The second-order valence-electron chi connectivity index (χ2n) is 4.97. The SMILES string of the molecule is Oc1c(Cl)cc(NC2CCCCC2C(F)(F)F)cc1Cl. The van der Waals surface area contributed by atoms with Gasteiger partial charge < -0.3 is 10.4 Å². The van der Waals surface area contributed by atoms with Crippen LogP contribution >= 0.6 is 23.2 Å². The van der Waals surface area contributed by atoms with Gasteiger partial charge in [0.1, 0.15) is 0 Å². The summed E-state index contributed by atoms with van der Waals surface area (Å²) in [5, 5.41) is 12.3. The molecule has 7 heteroatoms. The van der Waals surface area contributed by atoms with Gasteiger partial charge in [-0.2, -0.15) is 13.2 Å². The van der Waals surface area contributed by atoms with Gasteiger partial charge >= 0.3 is 6.18 Å². The third-order valence-electron chi connectivity index (χ3n) is 3.56. The number of hydrogen-bond acceptors (Lipinski definition) is 2. The smallest absolute Gasteiger partial charge is 0.393 e. The molecule has 1 saturated carbocycles. The Balaban J connectivity index is 2.19. The monoisotopic (exact) mass is 327 g/mol. The van der Waals surface area contributed by atoms with Gasteiger partial charge in [-0.3, -0.25) is 0 Å². The van der Waals surface area contributed by atoms with Crippen molar-refractivity contribution < 1.29 is 18.3 Å². The molecule has 0 bridgehead atoms. The van der Waals surface area contributed by atoms with E-state index in [1.807, 2.05) is 0 Å². The number of hydrogen-bond donors (Lipinski definition) is 2. The Kier molecular flexibility index (Phi) is 4.59. The molecule has 0 heterocycles. The van der Waals surface area contributed by atoms with Crippen molar-refractivity contribution in [2.45, 2.75) is 37.9 Å². The van der Waals surface area contributed by atoms with Crippen molar-refractivity contribution in [3.05, 3.63) is 22.2 Å². The zero-order chi connectivity index (χ0) is 14.9. The highest BCUT2D eigenvalue weighted by atomic mass is 35.5. The number of benzene rings is 1. The summed E-state index contributed by atoms with van der Waals surface area (Å²) >= 11 is 11.5. The molecule has 0 radical (unpaired) electrons. The highest BCUT2D eigenvalue weighted by Gasteiger charge is 2.45. The third-order valence-corrected chi connectivity index (χ3v) is 4.13. The molecule has 20 heavy (non-hydrogen) atoms. The average Bonchev–Trinajstić information content (AvgIpc) is 2.35. The summed E-state index contributed by atoms with van der Waals surface area (Å²) in [6.45, 7) is 0. The van der Waals surface area contributed by atoms with Gasteiger partial charge in [-0.1, -0.05) is 36.0 Å². The lowest BCUT2D eigenvalue weighted by Crippen LogP contribution is -2.41. The fraction of sp³-hybridized carbons (Fsp3) is 0.538. The molecule has 2 rings (SSSR count). The van der Waals surface area contributed by atoms with E-state index in [1.165, 1.54) is 12.1 Å². The molecule has 0 aliphatic heterocycles. The lowest BCUT2D eigenvalue weighted by atomic mass is 9.84. The predicted molar refractivity (Wildman–Crippen MR) is 73.6 cm³/mol. The Morgan fingerprint density at radius 1 is 1.10 bits per heavy atom. The van der Waals surface area contributed by atoms with E-state index >= 15 is 0 Å². The maximum Gasteiger partial charge on any atom is 0.393 e. The van der Waals surface area contributed by atoms with Crippen molar-refractivity contribution in [1.29, 1.82) is 0 Å². The van der Waals surface area contributed by atoms with Crippen LogP contribution < -0.4 is 5.32 Å². The Hall–Kier alpha value is -0.810. The van der Waals surface area contributed by atoms with Crippen molar-refractivity contribution in [2.24, 2.45) is 5.92 Å². The molecule has 0 saturated heterocycles. The number of phenolic OH excluding ortho intramolecular Hbond substituents is 1. The normalized spacial score (nSPS) is 23.6. The number of anilines is 1. The molecule has 1 aromatic carbocycles. The first-order chi connectivity index (χ1) is 9.29. The summed E-state index contributed by atoms with van der Waals surface area (Å²) in [5.74, 6) is -1.64. The summed E-state index contributed by atoms with van der Waals surface area (Å²) < 4.78 is 39.0. The molecule has 0 aromatic heterocycles. The first-order valence-electron chi connectivity index (χ1n) is 6.30. The van der Waals surface area contributed by atoms with Crippen LogP contribution in [0.25, 0.3) is 0 Å². The van der Waals surface area contributed by atoms with Crippen molar-refractivity contribution in [1.82, 2.24) is 0 Å². The first kappa shape index (κ1) is 15.6. The van der Waals surface area contributed by atoms with Crippen LogP contribution in [0.5, 0.6) is 5.75 Å². The summed E-state index contributed by atoms with van der Waals surface area (Å²) in [6, 6.07) is 2.07. The van der Waals surface area contributed by atoms with E-state index in [0.717, 1.165) is 6.42 Å². The van der Waals surface area contributed by atoms with Gasteiger partial charge in [0.15, 0.2) is 5.75 Å². The van der Waals surface area contributed by atoms with Crippen LogP contribution in [0.4, 0.5) is 18.9 Å². The van der Waals surface area contributed by atoms with Gasteiger partial charge in [0, 0.05) is 11.7 Å². The molecule has 2 atom stereocenters. The molecular formula is C13H14Cl2F3NO. The highest BCUT2D eigenvalue weighted by Crippen LogP contribution is 2.40. The van der Waals surface area contributed by atoms with Crippen molar-refractivity contribution in [3.8, 4) is 5.75 Å². The zero-order valence-corrected chi connectivity index (χ0v) is 12.0. The van der Waals surface area contributed by atoms with Gasteiger partial charge in [-0.05, 0) is 25.0 Å². The molecule has 1 aliphatic carbocycles. The number of alkyl halides is 3. The standard InChI is InChI=1S/C13H14Cl2F3NO/c14-9-5-7(6-10(15)12(9)20)19-11-4-2-1-3-8(11)13(16,17)18/h5-6,8,11,19-20H,1-4H2. The molecule has 1 aromatic rings. The average molecular weight is 328 g/mol. The summed E-state index contributed by atoms with van der Waals surface area (Å²) in [4.78, 5) is 0. The molecule has 1 aliphatic rings. The molecular weight excluding hydrogens is 314 g/mol. The summed E-state index contributed by atoms with van der Waals surface area (Å²) in [7, 11) is 0. The van der Waals surface area contributed by atoms with Crippen molar-refractivity contribution >= 4 is 28.9 Å². The number of nitrogens with one attached hydrogen (secondary N) is 1. The van der Waals surface area contributed by atoms with E-state index in [4.69, 9.17) is 23.2 Å². The Labute approximate surface area is 124 Å². The topological polar surface area (TPSA) is 32.3 Å². The number of halogens is 5. The quantitative estimate of drug-likeness (QED) is 0.729. The minimum absolute atomic E-state index is 0.0133. The number of rotatable bonds is 2. The molecule has 2 N–H and O–H groups in total. The van der Waals surface area contributed by atoms with Crippen LogP contribution in [0.3, 0.4) is 0 Å². The predicted octanol–water partition coefficient (Wildman–Crippen LogP) is 5.23. The van der Waals surface area contributed by atoms with E-state index in [0.29, 0.717) is 18.5 Å². The number of aromatic hydroxyl groups is 1. The second kappa shape index (κ2) is 5.90. The van der Waals surface area contributed by atoms with Crippen LogP contribution in [0, 0.1) is 5.92 Å². The van der Waals surface area contributed by atoms with Gasteiger partial charge in [0.2, 0.25) is 0 Å².